The van der Waals surface area contributed by atoms with Crippen molar-refractivity contribution in [1.29, 1.82) is 0 Å². The molecule has 2 aliphatic heterocycles. The first-order valence-corrected chi connectivity index (χ1v) is 15.3. The van der Waals surface area contributed by atoms with Gasteiger partial charge < -0.3 is 19.5 Å². The fourth-order valence-corrected chi connectivity index (χ4v) is 6.56. The van der Waals surface area contributed by atoms with E-state index in [0.29, 0.717) is 44.2 Å². The summed E-state index contributed by atoms with van der Waals surface area (Å²) < 4.78 is 13.2. The Morgan fingerprint density at radius 1 is 1.10 bits per heavy atom. The molecule has 4 aromatic rings. The average Bonchev–Trinajstić information content (AvgIpc) is 3.54. The molecule has 1 amide bonds. The van der Waals surface area contributed by atoms with Crippen molar-refractivity contribution in [3.8, 4) is 5.75 Å². The number of nitrogens with zero attached hydrogens (tertiary/aromatic N) is 3. The summed E-state index contributed by atoms with van der Waals surface area (Å²) in [5.74, 6) is 1.03. The highest BCUT2D eigenvalue weighted by molar-refractivity contribution is 9.10. The zero-order valence-electron chi connectivity index (χ0n) is 22.6. The number of carbonyl (C=O) groups is 1. The minimum absolute atomic E-state index is 0.0809. The number of thiazole rings is 1. The number of aliphatic hydroxyl groups excluding tert-OH is 1. The lowest BCUT2D eigenvalue weighted by atomic mass is 9.82. The van der Waals surface area contributed by atoms with Crippen LogP contribution in [0.4, 0.5) is 0 Å². The van der Waals surface area contributed by atoms with Gasteiger partial charge >= 0.3 is 0 Å². The van der Waals surface area contributed by atoms with Crippen molar-refractivity contribution in [3.63, 3.8) is 0 Å². The zero-order valence-corrected chi connectivity index (χ0v) is 25.0. The first-order valence-electron chi connectivity index (χ1n) is 13.6. The molecule has 0 radical (unpaired) electrons. The van der Waals surface area contributed by atoms with Gasteiger partial charge in [-0.05, 0) is 48.4 Å². The van der Waals surface area contributed by atoms with E-state index < -0.39 is 11.6 Å². The van der Waals surface area contributed by atoms with Crippen LogP contribution in [0.25, 0.3) is 0 Å². The number of fused-ring (bicyclic) bond motifs is 1. The summed E-state index contributed by atoms with van der Waals surface area (Å²) in [5.41, 5.74) is 3.47. The number of aliphatic imine (C=N–C) groups is 1. The van der Waals surface area contributed by atoms with Crippen molar-refractivity contribution in [2.45, 2.75) is 44.5 Å². The Balaban J connectivity index is 1.45. The van der Waals surface area contributed by atoms with Crippen LogP contribution in [0.5, 0.6) is 5.75 Å². The fourth-order valence-electron chi connectivity index (χ4n) is 5.46. The number of aryl methyl sites for hydroxylation is 1. The Morgan fingerprint density at radius 2 is 1.85 bits per heavy atom. The minimum atomic E-state index is -1.22. The molecule has 1 N–H and O–H groups in total. The second-order valence-electron chi connectivity index (χ2n) is 10.3. The van der Waals surface area contributed by atoms with Crippen molar-refractivity contribution in [2.75, 3.05) is 13.2 Å². The van der Waals surface area contributed by atoms with Crippen LogP contribution in [-0.4, -0.2) is 45.5 Å². The highest BCUT2D eigenvalue weighted by Crippen LogP contribution is 2.47. The van der Waals surface area contributed by atoms with Crippen LogP contribution in [0, 0.1) is 6.92 Å². The van der Waals surface area contributed by atoms with E-state index in [2.05, 4.69) is 33.0 Å². The van der Waals surface area contributed by atoms with Gasteiger partial charge in [-0.15, -0.1) is 11.3 Å². The smallest absolute Gasteiger partial charge is 0.255 e. The number of amides is 1. The van der Waals surface area contributed by atoms with E-state index in [1.165, 1.54) is 0 Å². The molecule has 0 aliphatic carbocycles. The van der Waals surface area contributed by atoms with Crippen molar-refractivity contribution in [3.05, 3.63) is 116 Å². The second-order valence-corrected chi connectivity index (χ2v) is 12.2. The lowest BCUT2D eigenvalue weighted by Gasteiger charge is -2.33. The molecule has 0 fully saturated rings. The van der Waals surface area contributed by atoms with Crippen molar-refractivity contribution >= 4 is 39.1 Å². The van der Waals surface area contributed by atoms with Crippen LogP contribution in [0.15, 0.2) is 87.6 Å². The topological polar surface area (TPSA) is 84.2 Å². The van der Waals surface area contributed by atoms with E-state index in [1.54, 1.807) is 11.3 Å². The van der Waals surface area contributed by atoms with E-state index in [0.717, 1.165) is 37.4 Å². The van der Waals surface area contributed by atoms with Gasteiger partial charge in [0.1, 0.15) is 5.75 Å². The van der Waals surface area contributed by atoms with Gasteiger partial charge in [0, 0.05) is 47.0 Å². The number of carbonyl (C=O) groups excluding carboxylic acids is 1. The third-order valence-corrected chi connectivity index (χ3v) is 8.99. The molecule has 41 heavy (non-hydrogen) atoms. The third kappa shape index (κ3) is 5.54. The minimum Gasteiger partial charge on any atom is -0.494 e. The van der Waals surface area contributed by atoms with Crippen molar-refractivity contribution in [1.82, 2.24) is 9.88 Å². The van der Waals surface area contributed by atoms with Gasteiger partial charge in [0.05, 0.1) is 23.9 Å². The predicted octanol–water partition coefficient (Wildman–Crippen LogP) is 6.02. The van der Waals surface area contributed by atoms with Crippen LogP contribution in [0.3, 0.4) is 0 Å². The maximum Gasteiger partial charge on any atom is 0.255 e. The van der Waals surface area contributed by atoms with Crippen LogP contribution >= 0.6 is 27.3 Å². The van der Waals surface area contributed by atoms with Crippen molar-refractivity contribution in [2.24, 2.45) is 4.99 Å². The molecule has 9 heteroatoms. The molecular weight excluding hydrogens is 602 g/mol. The van der Waals surface area contributed by atoms with E-state index >= 15 is 0 Å². The molecule has 7 nitrogen and oxygen atoms in total. The number of benzene rings is 3. The number of hydrogen-bond acceptors (Lipinski definition) is 7. The monoisotopic (exact) mass is 631 g/mol. The van der Waals surface area contributed by atoms with Crippen LogP contribution in [-0.2, 0) is 29.0 Å². The molecule has 2 atom stereocenters. The molecule has 210 valence electrons. The maximum absolute atomic E-state index is 14.8. The highest BCUT2D eigenvalue weighted by Gasteiger charge is 2.56. The summed E-state index contributed by atoms with van der Waals surface area (Å²) in [5, 5.41) is 12.0. The zero-order chi connectivity index (χ0) is 28.4. The van der Waals surface area contributed by atoms with Gasteiger partial charge in [-0.3, -0.25) is 4.79 Å². The summed E-state index contributed by atoms with van der Waals surface area (Å²) >= 11 is 5.30. The third-order valence-electron chi connectivity index (χ3n) is 7.44. The fraction of sp³-hybridized carbons (Fsp3) is 0.281. The molecule has 3 aromatic carbocycles. The number of aliphatic hydroxyl groups is 1. The second kappa shape index (κ2) is 11.8. The first kappa shape index (κ1) is 27.6. The highest BCUT2D eigenvalue weighted by atomic mass is 79.9. The normalized spacial score (nSPS) is 20.0. The maximum atomic E-state index is 14.8. The summed E-state index contributed by atoms with van der Waals surface area (Å²) in [7, 11) is 0. The van der Waals surface area contributed by atoms with Crippen LogP contribution < -0.4 is 4.74 Å². The molecular formula is C32H30BrN3O4S. The van der Waals surface area contributed by atoms with Gasteiger partial charge in [-0.25, -0.2) is 9.98 Å². The Labute approximate surface area is 251 Å². The Morgan fingerprint density at radius 3 is 2.59 bits per heavy atom. The number of aromatic nitrogens is 1. The Kier molecular flexibility index (Phi) is 7.92. The van der Waals surface area contributed by atoms with Gasteiger partial charge in [0.25, 0.3) is 5.91 Å². The van der Waals surface area contributed by atoms with E-state index in [-0.39, 0.29) is 12.5 Å². The van der Waals surface area contributed by atoms with E-state index in [4.69, 9.17) is 19.6 Å². The molecule has 6 rings (SSSR count). The number of rotatable bonds is 8. The summed E-state index contributed by atoms with van der Waals surface area (Å²) in [4.78, 5) is 26.5. The quantitative estimate of drug-likeness (QED) is 0.241. The van der Waals surface area contributed by atoms with Gasteiger partial charge in [-0.1, -0.05) is 58.4 Å². The first-order chi connectivity index (χ1) is 20.0. The van der Waals surface area contributed by atoms with Crippen molar-refractivity contribution < 1.29 is 19.4 Å². The van der Waals surface area contributed by atoms with E-state index in [1.807, 2.05) is 77.9 Å². The number of hydrogen-bond donors (Lipinski definition) is 1. The SMILES string of the molecule is Cc1nc(CN2Cc3ccccc3C[C@]3(N=C(c4ccc(OCCCO)cc4)O[C@@H]3c3ccccc3Br)C2=O)cs1. The number of ether oxygens (including phenoxy) is 2. The Hall–Kier alpha value is -3.53. The predicted molar refractivity (Wildman–Crippen MR) is 162 cm³/mol. The summed E-state index contributed by atoms with van der Waals surface area (Å²) in [6, 6.07) is 23.6. The molecule has 0 bridgehead atoms. The van der Waals surface area contributed by atoms with Gasteiger partial charge in [0.15, 0.2) is 11.6 Å². The molecule has 0 saturated carbocycles. The molecule has 0 unspecified atom stereocenters. The number of halogens is 1. The molecule has 1 aromatic heterocycles. The lowest BCUT2D eigenvalue weighted by Crippen LogP contribution is -2.49. The Bertz CT molecular complexity index is 1590. The standard InChI is InChI=1S/C32H30BrN3O4S/c1-21-34-25(20-41-21)19-36-18-24-8-3-2-7-23(24)17-32(31(36)38)29(27-9-4-5-10-28(27)33)40-30(35-32)22-11-13-26(14-12-22)39-16-6-15-37/h2-5,7-14,20,29,37H,6,15-19H2,1H3/t29-,32-/m1/s1. The largest absolute Gasteiger partial charge is 0.494 e. The molecule has 3 heterocycles. The lowest BCUT2D eigenvalue weighted by molar-refractivity contribution is -0.140. The van der Waals surface area contributed by atoms with E-state index in [9.17, 15) is 4.79 Å². The molecule has 2 aliphatic rings. The van der Waals surface area contributed by atoms with Gasteiger partial charge in [-0.2, -0.15) is 0 Å². The summed E-state index contributed by atoms with van der Waals surface area (Å²) in [6.07, 6.45) is 0.327. The van der Waals surface area contributed by atoms with Crippen LogP contribution in [0.2, 0.25) is 0 Å². The van der Waals surface area contributed by atoms with Gasteiger partial charge in [0.2, 0.25) is 5.90 Å². The average molecular weight is 633 g/mol. The molecule has 0 saturated heterocycles. The van der Waals surface area contributed by atoms with Crippen LogP contribution in [0.1, 0.15) is 45.5 Å². The molecule has 1 spiro atoms. The summed E-state index contributed by atoms with van der Waals surface area (Å²) in [6.45, 7) is 3.36.